The van der Waals surface area contributed by atoms with Crippen LogP contribution in [0.1, 0.15) is 54.4 Å². The molecule has 0 spiro atoms. The highest BCUT2D eigenvalue weighted by molar-refractivity contribution is 9.10. The molecule has 0 bridgehead atoms. The van der Waals surface area contributed by atoms with Gasteiger partial charge in [0.25, 0.3) is 11.8 Å². The third-order valence-electron chi connectivity index (χ3n) is 6.17. The molecule has 0 N–H and O–H groups in total. The van der Waals surface area contributed by atoms with Gasteiger partial charge < -0.3 is 4.90 Å². The molecular weight excluding hydrogens is 468 g/mol. The van der Waals surface area contributed by atoms with Crippen LogP contribution in [0.5, 0.6) is 0 Å². The third kappa shape index (κ3) is 4.85. The summed E-state index contributed by atoms with van der Waals surface area (Å²) in [5.41, 5.74) is 3.39. The zero-order valence-corrected chi connectivity index (χ0v) is 19.8. The van der Waals surface area contributed by atoms with E-state index in [0.29, 0.717) is 17.8 Å². The Balaban J connectivity index is 1.61. The van der Waals surface area contributed by atoms with Gasteiger partial charge in [0, 0.05) is 16.6 Å². The molecule has 1 saturated heterocycles. The van der Waals surface area contributed by atoms with Crippen LogP contribution >= 0.6 is 15.9 Å². The zero-order valence-electron chi connectivity index (χ0n) is 18.2. The first-order chi connectivity index (χ1) is 15.4. The van der Waals surface area contributed by atoms with E-state index in [2.05, 4.69) is 22.0 Å². The van der Waals surface area contributed by atoms with Crippen molar-refractivity contribution in [1.82, 2.24) is 4.90 Å². The first-order valence-electron chi connectivity index (χ1n) is 11.1. The van der Waals surface area contributed by atoms with E-state index in [1.807, 2.05) is 25.1 Å². The van der Waals surface area contributed by atoms with Gasteiger partial charge >= 0.3 is 0 Å². The highest BCUT2D eigenvalue weighted by atomic mass is 79.9. The van der Waals surface area contributed by atoms with Gasteiger partial charge in [0.05, 0.1) is 12.1 Å². The molecule has 1 atom stereocenters. The number of amides is 3. The summed E-state index contributed by atoms with van der Waals surface area (Å²) in [6, 6.07) is 13.7. The maximum absolute atomic E-state index is 13.5. The predicted octanol–water partition coefficient (Wildman–Crippen LogP) is 5.42. The number of anilines is 1. The third-order valence-corrected chi connectivity index (χ3v) is 6.70. The van der Waals surface area contributed by atoms with Gasteiger partial charge in [-0.3, -0.25) is 14.4 Å². The fraction of sp³-hybridized carbons (Fsp3) is 0.346. The van der Waals surface area contributed by atoms with Gasteiger partial charge in [-0.15, -0.1) is 0 Å². The Morgan fingerprint density at radius 1 is 1.12 bits per heavy atom. The number of hydrogen-bond donors (Lipinski definition) is 0. The average molecular weight is 495 g/mol. The van der Waals surface area contributed by atoms with Gasteiger partial charge in [-0.05, 0) is 75.4 Å². The summed E-state index contributed by atoms with van der Waals surface area (Å²) in [6.45, 7) is 2.37. The van der Waals surface area contributed by atoms with E-state index < -0.39 is 6.04 Å². The molecule has 3 amide bonds. The topological polar surface area (TPSA) is 57.7 Å². The lowest BCUT2D eigenvalue weighted by Gasteiger charge is -2.29. The van der Waals surface area contributed by atoms with Gasteiger partial charge in [-0.1, -0.05) is 45.3 Å². The molecule has 2 aliphatic rings. The van der Waals surface area contributed by atoms with Crippen LogP contribution in [0.4, 0.5) is 5.69 Å². The number of aryl methyl sites for hydroxylation is 1. The normalized spacial score (nSPS) is 18.6. The van der Waals surface area contributed by atoms with E-state index in [1.54, 1.807) is 35.2 Å². The number of allylic oxidation sites excluding steroid dienone is 1. The Labute approximate surface area is 197 Å². The second-order valence-electron chi connectivity index (χ2n) is 8.49. The summed E-state index contributed by atoms with van der Waals surface area (Å²) in [5, 5.41) is 0. The van der Waals surface area contributed by atoms with Gasteiger partial charge in [-0.2, -0.15) is 0 Å². The summed E-state index contributed by atoms with van der Waals surface area (Å²) >= 11 is 3.38. The number of nitrogens with zero attached hydrogens (tertiary/aromatic N) is 2. The van der Waals surface area contributed by atoms with E-state index in [1.165, 1.54) is 16.9 Å². The molecule has 1 aliphatic heterocycles. The van der Waals surface area contributed by atoms with Crippen LogP contribution in [-0.4, -0.2) is 35.2 Å². The summed E-state index contributed by atoms with van der Waals surface area (Å²) < 4.78 is 0.869. The van der Waals surface area contributed by atoms with Crippen LogP contribution < -0.4 is 4.90 Å². The monoisotopic (exact) mass is 494 g/mol. The quantitative estimate of drug-likeness (QED) is 0.397. The molecule has 1 unspecified atom stereocenters. The van der Waals surface area contributed by atoms with Crippen LogP contribution in [0.2, 0.25) is 0 Å². The van der Waals surface area contributed by atoms with Crippen molar-refractivity contribution >= 4 is 39.3 Å². The molecule has 4 rings (SSSR count). The van der Waals surface area contributed by atoms with Crippen molar-refractivity contribution in [2.24, 2.45) is 0 Å². The minimum atomic E-state index is -0.789. The minimum Gasteiger partial charge on any atom is -0.326 e. The Kier molecular flexibility index (Phi) is 6.89. The van der Waals surface area contributed by atoms with Crippen molar-refractivity contribution in [2.75, 3.05) is 11.4 Å². The largest absolute Gasteiger partial charge is 0.326 e. The highest BCUT2D eigenvalue weighted by Gasteiger charge is 2.44. The highest BCUT2D eigenvalue weighted by Crippen LogP contribution is 2.29. The summed E-state index contributed by atoms with van der Waals surface area (Å²) in [7, 11) is 0. The van der Waals surface area contributed by atoms with E-state index in [4.69, 9.17) is 0 Å². The number of imide groups is 1. The van der Waals surface area contributed by atoms with E-state index in [0.717, 1.165) is 35.7 Å². The van der Waals surface area contributed by atoms with Crippen molar-refractivity contribution in [1.29, 1.82) is 0 Å². The Morgan fingerprint density at radius 2 is 1.91 bits per heavy atom. The second kappa shape index (κ2) is 9.82. The smallest absolute Gasteiger partial charge is 0.257 e. The first kappa shape index (κ1) is 22.5. The molecule has 32 heavy (non-hydrogen) atoms. The van der Waals surface area contributed by atoms with Crippen LogP contribution in [0, 0.1) is 6.92 Å². The molecule has 166 valence electrons. The van der Waals surface area contributed by atoms with Crippen LogP contribution in [0.3, 0.4) is 0 Å². The van der Waals surface area contributed by atoms with Gasteiger partial charge in [-0.25, -0.2) is 4.90 Å². The predicted molar refractivity (Wildman–Crippen MR) is 128 cm³/mol. The Morgan fingerprint density at radius 3 is 2.59 bits per heavy atom. The fourth-order valence-electron chi connectivity index (χ4n) is 4.46. The number of benzene rings is 2. The van der Waals surface area contributed by atoms with Crippen molar-refractivity contribution < 1.29 is 14.4 Å². The standard InChI is InChI=1S/C26H27BrN2O3/c1-18-6-5-9-20(16-18)25(31)28(15-14-19-7-3-2-4-8-19)23-17-24(30)29(26(23)32)22-12-10-21(27)11-13-22/h5-7,9-13,16,23H,2-4,8,14-15,17H2,1H3. The van der Waals surface area contributed by atoms with Crippen LogP contribution in [-0.2, 0) is 9.59 Å². The molecule has 0 saturated carbocycles. The zero-order chi connectivity index (χ0) is 22.7. The number of hydrogen-bond acceptors (Lipinski definition) is 3. The fourth-order valence-corrected chi connectivity index (χ4v) is 4.72. The van der Waals surface area contributed by atoms with Crippen molar-refractivity contribution in [3.63, 3.8) is 0 Å². The Hall–Kier alpha value is -2.73. The first-order valence-corrected chi connectivity index (χ1v) is 11.9. The van der Waals surface area contributed by atoms with E-state index >= 15 is 0 Å². The SMILES string of the molecule is Cc1cccc(C(=O)N(CCC2=CCCCC2)C2CC(=O)N(c3ccc(Br)cc3)C2=O)c1. The number of halogens is 1. The van der Waals surface area contributed by atoms with Crippen molar-refractivity contribution in [3.05, 3.63) is 75.8 Å². The molecule has 1 aliphatic carbocycles. The van der Waals surface area contributed by atoms with Crippen LogP contribution in [0.25, 0.3) is 0 Å². The van der Waals surface area contributed by atoms with Gasteiger partial charge in [0.1, 0.15) is 6.04 Å². The molecule has 2 aromatic rings. The number of carbonyl (C=O) groups excluding carboxylic acids is 3. The lowest BCUT2D eigenvalue weighted by atomic mass is 9.96. The number of carbonyl (C=O) groups is 3. The lowest BCUT2D eigenvalue weighted by Crippen LogP contribution is -2.46. The molecule has 5 nitrogen and oxygen atoms in total. The van der Waals surface area contributed by atoms with Crippen molar-refractivity contribution in [2.45, 2.75) is 51.5 Å². The lowest BCUT2D eigenvalue weighted by molar-refractivity contribution is -0.122. The molecule has 0 aromatic heterocycles. The molecule has 6 heteroatoms. The molecular formula is C26H27BrN2O3. The van der Waals surface area contributed by atoms with E-state index in [9.17, 15) is 14.4 Å². The molecule has 1 heterocycles. The maximum Gasteiger partial charge on any atom is 0.257 e. The summed E-state index contributed by atoms with van der Waals surface area (Å²) in [5.74, 6) is -0.814. The second-order valence-corrected chi connectivity index (χ2v) is 9.41. The minimum absolute atomic E-state index is 0.00546. The average Bonchev–Trinajstić information content (AvgIpc) is 3.09. The Bertz CT molecular complexity index is 1060. The molecule has 1 fully saturated rings. The van der Waals surface area contributed by atoms with Crippen LogP contribution in [0.15, 0.2) is 64.7 Å². The number of rotatable bonds is 6. The summed E-state index contributed by atoms with van der Waals surface area (Å²) in [6.07, 6.45) is 7.46. The van der Waals surface area contributed by atoms with Gasteiger partial charge in [0.2, 0.25) is 5.91 Å². The van der Waals surface area contributed by atoms with Gasteiger partial charge in [0.15, 0.2) is 0 Å². The maximum atomic E-state index is 13.5. The van der Waals surface area contributed by atoms with Crippen molar-refractivity contribution in [3.8, 4) is 0 Å². The van der Waals surface area contributed by atoms with E-state index in [-0.39, 0.29) is 24.1 Å². The summed E-state index contributed by atoms with van der Waals surface area (Å²) in [4.78, 5) is 42.6. The molecule has 0 radical (unpaired) electrons. The molecule has 2 aromatic carbocycles.